The summed E-state index contributed by atoms with van der Waals surface area (Å²) >= 11 is 0. The van der Waals surface area contributed by atoms with Gasteiger partial charge in [0.2, 0.25) is 0 Å². The number of H-pyrrole nitrogens is 1. The molecular weight excluding hydrogens is 192 g/mol. The number of hydrogen-bond acceptors (Lipinski definition) is 2. The van der Waals surface area contributed by atoms with E-state index in [9.17, 15) is 9.59 Å². The van der Waals surface area contributed by atoms with E-state index in [-0.39, 0.29) is 12.2 Å². The second kappa shape index (κ2) is 3.38. The van der Waals surface area contributed by atoms with Crippen molar-refractivity contribution in [3.63, 3.8) is 0 Å². The Hall–Kier alpha value is -1.84. The first-order valence-corrected chi connectivity index (χ1v) is 4.77. The number of aromatic nitrogens is 2. The first kappa shape index (κ1) is 9.71. The van der Waals surface area contributed by atoms with E-state index < -0.39 is 0 Å². The van der Waals surface area contributed by atoms with Gasteiger partial charge in [-0.2, -0.15) is 0 Å². The second-order valence-electron chi connectivity index (χ2n) is 3.68. The number of carbonyl (C=O) groups is 1. The number of benzene rings is 1. The minimum Gasteiger partial charge on any atom is -0.305 e. The molecule has 1 aromatic carbocycles. The third-order valence-corrected chi connectivity index (χ3v) is 2.48. The van der Waals surface area contributed by atoms with Gasteiger partial charge in [-0.3, -0.25) is 4.57 Å². The van der Waals surface area contributed by atoms with Crippen molar-refractivity contribution in [2.45, 2.75) is 20.4 Å². The molecule has 0 bridgehead atoms. The highest BCUT2D eigenvalue weighted by atomic mass is 16.1. The summed E-state index contributed by atoms with van der Waals surface area (Å²) in [5, 5.41) is 0. The summed E-state index contributed by atoms with van der Waals surface area (Å²) in [4.78, 5) is 24.8. The Morgan fingerprint density at radius 2 is 2.13 bits per heavy atom. The fraction of sp³-hybridized carbons (Fsp3) is 0.273. The summed E-state index contributed by atoms with van der Waals surface area (Å²) in [5.74, 6) is 0. The predicted octanol–water partition coefficient (Wildman–Crippen LogP) is 1.15. The van der Waals surface area contributed by atoms with Gasteiger partial charge in [0.05, 0.1) is 17.6 Å². The van der Waals surface area contributed by atoms with Crippen molar-refractivity contribution in [3.8, 4) is 0 Å². The summed E-state index contributed by atoms with van der Waals surface area (Å²) < 4.78 is 1.45. The summed E-state index contributed by atoms with van der Waals surface area (Å²) in [5.41, 5.74) is 3.48. The molecule has 0 aliphatic rings. The van der Waals surface area contributed by atoms with Gasteiger partial charge < -0.3 is 9.78 Å². The maximum absolute atomic E-state index is 11.5. The number of rotatable bonds is 2. The topological polar surface area (TPSA) is 54.9 Å². The van der Waals surface area contributed by atoms with Gasteiger partial charge in [0.15, 0.2) is 0 Å². The quantitative estimate of drug-likeness (QED) is 0.746. The third-order valence-electron chi connectivity index (χ3n) is 2.48. The fourth-order valence-corrected chi connectivity index (χ4v) is 1.86. The number of aromatic amines is 1. The van der Waals surface area contributed by atoms with Crippen LogP contribution in [0.5, 0.6) is 0 Å². The summed E-state index contributed by atoms with van der Waals surface area (Å²) in [6.07, 6.45) is 0.729. The first-order valence-electron chi connectivity index (χ1n) is 4.77. The molecule has 2 rings (SSSR count). The standard InChI is InChI=1S/C11H12N2O2/c1-7-5-8(2)10-9(6-7)13(3-4-14)11(15)12-10/h4-6H,3H2,1-2H3,(H,12,15). The van der Waals surface area contributed by atoms with Crippen LogP contribution in [0.4, 0.5) is 0 Å². The Morgan fingerprint density at radius 1 is 1.40 bits per heavy atom. The number of nitrogens with one attached hydrogen (secondary N) is 1. The molecule has 0 amide bonds. The van der Waals surface area contributed by atoms with Crippen LogP contribution in [0, 0.1) is 13.8 Å². The molecule has 0 aliphatic heterocycles. The molecule has 0 radical (unpaired) electrons. The SMILES string of the molecule is Cc1cc(C)c2[nH]c(=O)n(CC=O)c2c1. The zero-order valence-electron chi connectivity index (χ0n) is 8.70. The predicted molar refractivity (Wildman–Crippen MR) is 58.1 cm³/mol. The van der Waals surface area contributed by atoms with Crippen molar-refractivity contribution < 1.29 is 4.79 Å². The van der Waals surface area contributed by atoms with Gasteiger partial charge in [-0.1, -0.05) is 6.07 Å². The largest absolute Gasteiger partial charge is 0.326 e. The Balaban J connectivity index is 2.86. The van der Waals surface area contributed by atoms with E-state index in [2.05, 4.69) is 4.98 Å². The molecule has 1 N–H and O–H groups in total. The van der Waals surface area contributed by atoms with E-state index in [4.69, 9.17) is 0 Å². The van der Waals surface area contributed by atoms with Crippen LogP contribution in [-0.4, -0.2) is 15.8 Å². The number of carbonyl (C=O) groups excluding carboxylic acids is 1. The zero-order chi connectivity index (χ0) is 11.0. The van der Waals surface area contributed by atoms with E-state index >= 15 is 0 Å². The summed E-state index contributed by atoms with van der Waals surface area (Å²) in [7, 11) is 0. The van der Waals surface area contributed by atoms with Crippen molar-refractivity contribution >= 4 is 17.3 Å². The van der Waals surface area contributed by atoms with Gasteiger partial charge in [-0.15, -0.1) is 0 Å². The van der Waals surface area contributed by atoms with E-state index in [1.54, 1.807) is 0 Å². The van der Waals surface area contributed by atoms with Crippen LogP contribution >= 0.6 is 0 Å². The normalized spacial score (nSPS) is 10.8. The number of hydrogen-bond donors (Lipinski definition) is 1. The molecule has 15 heavy (non-hydrogen) atoms. The van der Waals surface area contributed by atoms with E-state index in [0.29, 0.717) is 0 Å². The molecule has 0 unspecified atom stereocenters. The van der Waals surface area contributed by atoms with Crippen molar-refractivity contribution in [1.29, 1.82) is 0 Å². The van der Waals surface area contributed by atoms with Crippen molar-refractivity contribution in [1.82, 2.24) is 9.55 Å². The van der Waals surface area contributed by atoms with Gasteiger partial charge in [0.25, 0.3) is 0 Å². The smallest absolute Gasteiger partial charge is 0.305 e. The maximum atomic E-state index is 11.5. The van der Waals surface area contributed by atoms with Crippen molar-refractivity contribution in [2.75, 3.05) is 0 Å². The number of fused-ring (bicyclic) bond motifs is 1. The van der Waals surface area contributed by atoms with Crippen LogP contribution in [0.3, 0.4) is 0 Å². The average Bonchev–Trinajstić information content (AvgIpc) is 2.46. The average molecular weight is 204 g/mol. The van der Waals surface area contributed by atoms with Crippen LogP contribution in [0.15, 0.2) is 16.9 Å². The molecule has 0 saturated carbocycles. The monoisotopic (exact) mass is 204 g/mol. The van der Waals surface area contributed by atoms with E-state index in [1.165, 1.54) is 4.57 Å². The van der Waals surface area contributed by atoms with Crippen LogP contribution in [0.1, 0.15) is 11.1 Å². The molecule has 0 saturated heterocycles. The molecule has 4 nitrogen and oxygen atoms in total. The fourth-order valence-electron chi connectivity index (χ4n) is 1.86. The van der Waals surface area contributed by atoms with Gasteiger partial charge in [0.1, 0.15) is 6.29 Å². The lowest BCUT2D eigenvalue weighted by Gasteiger charge is -2.01. The lowest BCUT2D eigenvalue weighted by Crippen LogP contribution is -2.17. The number of imidazole rings is 1. The highest BCUT2D eigenvalue weighted by molar-refractivity contribution is 5.80. The molecule has 1 aromatic heterocycles. The minimum absolute atomic E-state index is 0.0989. The Labute approximate surface area is 86.5 Å². The van der Waals surface area contributed by atoms with Gasteiger partial charge >= 0.3 is 5.69 Å². The molecule has 0 aliphatic carbocycles. The van der Waals surface area contributed by atoms with Crippen LogP contribution in [0.2, 0.25) is 0 Å². The number of aldehydes is 1. The molecule has 1 heterocycles. The molecular formula is C11H12N2O2. The maximum Gasteiger partial charge on any atom is 0.326 e. The lowest BCUT2D eigenvalue weighted by atomic mass is 10.1. The van der Waals surface area contributed by atoms with Crippen LogP contribution in [0.25, 0.3) is 11.0 Å². The molecule has 0 atom stereocenters. The molecule has 0 fully saturated rings. The van der Waals surface area contributed by atoms with E-state index in [1.807, 2.05) is 26.0 Å². The molecule has 2 aromatic rings. The Bertz CT molecular complexity index is 578. The van der Waals surface area contributed by atoms with Gasteiger partial charge in [-0.25, -0.2) is 4.79 Å². The molecule has 4 heteroatoms. The van der Waals surface area contributed by atoms with E-state index in [0.717, 1.165) is 28.4 Å². The summed E-state index contributed by atoms with van der Waals surface area (Å²) in [6, 6.07) is 3.91. The number of nitrogens with zero attached hydrogens (tertiary/aromatic N) is 1. The van der Waals surface area contributed by atoms with Crippen molar-refractivity contribution in [3.05, 3.63) is 33.7 Å². The van der Waals surface area contributed by atoms with Crippen molar-refractivity contribution in [2.24, 2.45) is 0 Å². The highest BCUT2D eigenvalue weighted by Crippen LogP contribution is 2.16. The Kier molecular flexibility index (Phi) is 2.19. The highest BCUT2D eigenvalue weighted by Gasteiger charge is 2.08. The lowest BCUT2D eigenvalue weighted by molar-refractivity contribution is -0.108. The van der Waals surface area contributed by atoms with Crippen LogP contribution < -0.4 is 5.69 Å². The number of aryl methyl sites for hydroxylation is 2. The Morgan fingerprint density at radius 3 is 2.80 bits per heavy atom. The second-order valence-corrected chi connectivity index (χ2v) is 3.68. The first-order chi connectivity index (χ1) is 7.13. The zero-order valence-corrected chi connectivity index (χ0v) is 8.70. The van der Waals surface area contributed by atoms with Crippen LogP contribution in [-0.2, 0) is 11.3 Å². The molecule has 78 valence electrons. The third kappa shape index (κ3) is 1.48. The van der Waals surface area contributed by atoms with Gasteiger partial charge in [0, 0.05) is 0 Å². The molecule has 0 spiro atoms. The van der Waals surface area contributed by atoms with Gasteiger partial charge in [-0.05, 0) is 31.0 Å². The minimum atomic E-state index is -0.231. The summed E-state index contributed by atoms with van der Waals surface area (Å²) in [6.45, 7) is 4.01.